The molecule has 4 rings (SSSR count). The third-order valence-electron chi connectivity index (χ3n) is 5.63. The van der Waals surface area contributed by atoms with Crippen LogP contribution in [0.2, 0.25) is 5.02 Å². The van der Waals surface area contributed by atoms with E-state index >= 15 is 0 Å². The molecule has 1 N–H and O–H groups in total. The molecule has 7 heteroatoms. The Morgan fingerprint density at radius 2 is 2.00 bits per heavy atom. The summed E-state index contributed by atoms with van der Waals surface area (Å²) in [6.45, 7) is 0. The molecule has 148 valence electrons. The fraction of sp³-hybridized carbons (Fsp3) is 0.381. The monoisotopic (exact) mass is 480 g/mol. The lowest BCUT2D eigenvalue weighted by atomic mass is 9.85. The molecule has 0 radical (unpaired) electrons. The van der Waals surface area contributed by atoms with E-state index in [4.69, 9.17) is 11.6 Å². The van der Waals surface area contributed by atoms with Crippen LogP contribution in [0.3, 0.4) is 0 Å². The van der Waals surface area contributed by atoms with E-state index in [9.17, 15) is 8.42 Å². The number of nitrogens with one attached hydrogen (secondary N) is 1. The van der Waals surface area contributed by atoms with Gasteiger partial charge in [-0.1, -0.05) is 43.4 Å². The van der Waals surface area contributed by atoms with Gasteiger partial charge in [-0.25, -0.2) is 13.4 Å². The van der Waals surface area contributed by atoms with E-state index in [0.717, 1.165) is 33.2 Å². The number of sulfone groups is 1. The first-order valence-electron chi connectivity index (χ1n) is 9.45. The first-order valence-corrected chi connectivity index (χ1v) is 12.5. The molecule has 1 saturated carbocycles. The lowest BCUT2D eigenvalue weighted by Crippen LogP contribution is -2.08. The topological polar surface area (TPSA) is 62.8 Å². The Labute approximate surface area is 178 Å². The van der Waals surface area contributed by atoms with Crippen LogP contribution in [0.25, 0.3) is 11.0 Å². The Morgan fingerprint density at radius 3 is 2.68 bits per heavy atom. The first kappa shape index (κ1) is 19.9. The van der Waals surface area contributed by atoms with Gasteiger partial charge in [0.05, 0.1) is 9.92 Å². The summed E-state index contributed by atoms with van der Waals surface area (Å²) in [5.41, 5.74) is 2.99. The highest BCUT2D eigenvalue weighted by molar-refractivity contribution is 9.10. The zero-order chi connectivity index (χ0) is 19.9. The quantitative estimate of drug-likeness (QED) is 0.479. The van der Waals surface area contributed by atoms with E-state index in [1.165, 1.54) is 31.9 Å². The van der Waals surface area contributed by atoms with Gasteiger partial charge in [0, 0.05) is 33.9 Å². The molecule has 1 aliphatic carbocycles. The van der Waals surface area contributed by atoms with Gasteiger partial charge < -0.3 is 4.98 Å². The number of fused-ring (bicyclic) bond motifs is 1. The van der Waals surface area contributed by atoms with Crippen LogP contribution in [0, 0.1) is 5.92 Å². The van der Waals surface area contributed by atoms with Crippen molar-refractivity contribution < 1.29 is 8.42 Å². The maximum Gasteiger partial charge on any atom is 0.176 e. The fourth-order valence-electron chi connectivity index (χ4n) is 4.25. The molecule has 28 heavy (non-hydrogen) atoms. The summed E-state index contributed by atoms with van der Waals surface area (Å²) in [5.74, 6) is 0.798. The lowest BCUT2D eigenvalue weighted by Gasteiger charge is -2.21. The predicted octanol–water partition coefficient (Wildman–Crippen LogP) is 6.09. The highest BCUT2D eigenvalue weighted by atomic mass is 79.9. The Kier molecular flexibility index (Phi) is 5.55. The molecular weight excluding hydrogens is 460 g/mol. The zero-order valence-corrected chi connectivity index (χ0v) is 18.7. The minimum Gasteiger partial charge on any atom is -0.343 e. The maximum absolute atomic E-state index is 11.9. The Balaban J connectivity index is 1.77. The highest BCUT2D eigenvalue weighted by Gasteiger charge is 2.25. The second kappa shape index (κ2) is 7.81. The molecule has 0 aliphatic heterocycles. The van der Waals surface area contributed by atoms with Crippen LogP contribution in [0.5, 0.6) is 0 Å². The molecule has 1 fully saturated rings. The van der Waals surface area contributed by atoms with E-state index in [1.807, 2.05) is 12.1 Å². The van der Waals surface area contributed by atoms with Gasteiger partial charge in [-0.15, -0.1) is 0 Å². The van der Waals surface area contributed by atoms with E-state index in [0.29, 0.717) is 5.92 Å². The van der Waals surface area contributed by atoms with Crippen molar-refractivity contribution in [2.75, 3.05) is 6.26 Å². The van der Waals surface area contributed by atoms with E-state index < -0.39 is 9.84 Å². The van der Waals surface area contributed by atoms with Crippen LogP contribution in [0.15, 0.2) is 45.9 Å². The largest absolute Gasteiger partial charge is 0.343 e. The number of nitrogens with zero attached hydrogens (tertiary/aromatic N) is 1. The number of pyridine rings is 1. The van der Waals surface area contributed by atoms with Crippen molar-refractivity contribution in [2.45, 2.75) is 42.9 Å². The highest BCUT2D eigenvalue weighted by Crippen LogP contribution is 2.39. The molecular formula is C21H22BrClN2O2S. The number of aromatic nitrogens is 2. The molecule has 1 unspecified atom stereocenters. The number of H-pyrrole nitrogens is 1. The van der Waals surface area contributed by atoms with Crippen LogP contribution >= 0.6 is 27.5 Å². The number of hydrogen-bond acceptors (Lipinski definition) is 3. The van der Waals surface area contributed by atoms with Crippen LogP contribution in [-0.2, 0) is 9.84 Å². The summed E-state index contributed by atoms with van der Waals surface area (Å²) in [6.07, 6.45) is 9.05. The number of hydrogen-bond donors (Lipinski definition) is 1. The van der Waals surface area contributed by atoms with Crippen LogP contribution in [-0.4, -0.2) is 24.6 Å². The molecule has 2 heterocycles. The smallest absolute Gasteiger partial charge is 0.176 e. The molecule has 3 aromatic rings. The Morgan fingerprint density at radius 1 is 1.25 bits per heavy atom. The molecule has 0 bridgehead atoms. The molecule has 0 saturated heterocycles. The van der Waals surface area contributed by atoms with Crippen molar-refractivity contribution in [1.82, 2.24) is 9.97 Å². The summed E-state index contributed by atoms with van der Waals surface area (Å²) < 4.78 is 24.8. The van der Waals surface area contributed by atoms with Crippen molar-refractivity contribution in [2.24, 2.45) is 5.92 Å². The second-order valence-electron chi connectivity index (χ2n) is 7.72. The summed E-state index contributed by atoms with van der Waals surface area (Å²) in [6, 6.07) is 9.54. The van der Waals surface area contributed by atoms with Gasteiger partial charge >= 0.3 is 0 Å². The molecule has 1 atom stereocenters. The maximum atomic E-state index is 11.9. The van der Waals surface area contributed by atoms with Crippen molar-refractivity contribution in [3.8, 4) is 0 Å². The van der Waals surface area contributed by atoms with Crippen LogP contribution in [0.4, 0.5) is 0 Å². The molecule has 0 spiro atoms. The summed E-state index contributed by atoms with van der Waals surface area (Å²) in [4.78, 5) is 8.11. The van der Waals surface area contributed by atoms with Gasteiger partial charge in [-0.2, -0.15) is 0 Å². The SMILES string of the molecule is CS(=O)(=O)c1ccc(C(CC2CCCC2)c2cc3cc(Br)cnc3[nH]2)cc1Cl. The lowest BCUT2D eigenvalue weighted by molar-refractivity contribution is 0.469. The predicted molar refractivity (Wildman–Crippen MR) is 117 cm³/mol. The Bertz CT molecular complexity index is 1120. The molecule has 0 amide bonds. The summed E-state index contributed by atoms with van der Waals surface area (Å²) >= 11 is 9.83. The molecule has 1 aromatic carbocycles. The average molecular weight is 482 g/mol. The third-order valence-corrected chi connectivity index (χ3v) is 7.65. The van der Waals surface area contributed by atoms with Crippen molar-refractivity contribution in [1.29, 1.82) is 0 Å². The normalized spacial score (nSPS) is 16.7. The van der Waals surface area contributed by atoms with Gasteiger partial charge in [-0.05, 0) is 58.1 Å². The number of halogens is 2. The number of benzene rings is 1. The fourth-order valence-corrected chi connectivity index (χ4v) is 5.94. The third kappa shape index (κ3) is 4.14. The minimum atomic E-state index is -3.34. The van der Waals surface area contributed by atoms with Gasteiger partial charge in [-0.3, -0.25) is 0 Å². The number of rotatable bonds is 5. The minimum absolute atomic E-state index is 0.127. The van der Waals surface area contributed by atoms with Crippen molar-refractivity contribution in [3.05, 3.63) is 57.3 Å². The molecule has 1 aliphatic rings. The van der Waals surface area contributed by atoms with Gasteiger partial charge in [0.25, 0.3) is 0 Å². The van der Waals surface area contributed by atoms with Crippen LogP contribution < -0.4 is 0 Å². The molecule has 4 nitrogen and oxygen atoms in total. The van der Waals surface area contributed by atoms with Gasteiger partial charge in [0.2, 0.25) is 0 Å². The summed E-state index contributed by atoms with van der Waals surface area (Å²) in [7, 11) is -3.34. The number of aromatic amines is 1. The molecule has 2 aromatic heterocycles. The van der Waals surface area contributed by atoms with Gasteiger partial charge in [0.15, 0.2) is 9.84 Å². The summed E-state index contributed by atoms with van der Waals surface area (Å²) in [5, 5.41) is 1.34. The first-order chi connectivity index (χ1) is 13.3. The Hall–Kier alpha value is -1.37. The van der Waals surface area contributed by atoms with Crippen molar-refractivity contribution >= 4 is 48.4 Å². The van der Waals surface area contributed by atoms with Crippen molar-refractivity contribution in [3.63, 3.8) is 0 Å². The standard InChI is InChI=1S/C21H22BrClN2O2S/c1-28(26,27)20-7-6-14(10-18(20)23)17(8-13-4-2-3-5-13)19-11-15-9-16(22)12-24-21(15)25-19/h6-7,9-13,17H,2-5,8H2,1H3,(H,24,25). The van der Waals surface area contributed by atoms with Gasteiger partial charge in [0.1, 0.15) is 5.65 Å². The van der Waals surface area contributed by atoms with E-state index in [1.54, 1.807) is 12.3 Å². The average Bonchev–Trinajstić information content (AvgIpc) is 3.27. The van der Waals surface area contributed by atoms with E-state index in [2.05, 4.69) is 38.0 Å². The van der Waals surface area contributed by atoms with Crippen LogP contribution in [0.1, 0.15) is 49.3 Å². The zero-order valence-electron chi connectivity index (χ0n) is 15.6. The second-order valence-corrected chi connectivity index (χ2v) is 11.0. The van der Waals surface area contributed by atoms with E-state index in [-0.39, 0.29) is 15.8 Å².